The molecular weight excluding hydrogens is 925 g/mol. The third-order valence-electron chi connectivity index (χ3n) is 12.6. The van der Waals surface area contributed by atoms with Crippen LogP contribution in [0.1, 0.15) is 93.3 Å². The molecule has 2 aliphatic rings. The van der Waals surface area contributed by atoms with Crippen LogP contribution < -0.4 is 22.5 Å². The fourth-order valence-corrected chi connectivity index (χ4v) is 8.07. The van der Waals surface area contributed by atoms with Crippen LogP contribution in [0.15, 0.2) is 73.8 Å². The number of carbonyl (C=O) groups excluding carboxylic acids is 3. The Balaban J connectivity index is 0.000000249. The Hall–Kier alpha value is -6.20. The maximum absolute atomic E-state index is 14.1. The van der Waals surface area contributed by atoms with Crippen molar-refractivity contribution in [1.29, 1.82) is 0 Å². The number of hydrogen-bond donors (Lipinski definition) is 5. The van der Waals surface area contributed by atoms with E-state index < -0.39 is 76.8 Å². The Morgan fingerprint density at radius 2 is 1.04 bits per heavy atom. The number of nitrogens with one attached hydrogen (secondary N) is 1. The fourth-order valence-electron chi connectivity index (χ4n) is 8.07. The van der Waals surface area contributed by atoms with Crippen LogP contribution in [0, 0.1) is 22.5 Å². The highest BCUT2D eigenvalue weighted by molar-refractivity contribution is 5.93. The first-order valence-electron chi connectivity index (χ1n) is 21.6. The lowest BCUT2D eigenvalue weighted by Crippen LogP contribution is -2.42. The molecule has 4 atom stereocenters. The highest BCUT2D eigenvalue weighted by atomic mass is 19.4. The lowest BCUT2D eigenvalue weighted by atomic mass is 9.81. The van der Waals surface area contributed by atoms with Gasteiger partial charge < -0.3 is 37.4 Å². The molecule has 3 amide bonds. The van der Waals surface area contributed by atoms with Gasteiger partial charge in [-0.05, 0) is 113 Å². The van der Waals surface area contributed by atoms with Gasteiger partial charge in [0.25, 0.3) is 11.8 Å². The van der Waals surface area contributed by atoms with Crippen LogP contribution in [-0.2, 0) is 22.4 Å². The predicted octanol–water partition coefficient (Wildman–Crippen LogP) is 5.55. The molecule has 0 saturated heterocycles. The second kappa shape index (κ2) is 23.4. The Morgan fingerprint density at radius 3 is 1.35 bits per heavy atom. The van der Waals surface area contributed by atoms with Crippen molar-refractivity contribution < 1.29 is 59.4 Å². The van der Waals surface area contributed by atoms with Gasteiger partial charge in [-0.25, -0.2) is 28.7 Å². The number of carbonyl (C=O) groups is 4. The number of aromatic nitrogens is 4. The molecule has 0 aliphatic heterocycles. The van der Waals surface area contributed by atoms with Crippen molar-refractivity contribution in [3.05, 3.63) is 119 Å². The average molecular weight is 981 g/mol. The normalized spacial score (nSPS) is 16.4. The van der Waals surface area contributed by atoms with Crippen molar-refractivity contribution in [3.63, 3.8) is 0 Å². The van der Waals surface area contributed by atoms with E-state index in [1.165, 1.54) is 61.7 Å². The molecule has 69 heavy (non-hydrogen) atoms. The molecule has 0 radical (unpaired) electrons. The van der Waals surface area contributed by atoms with Crippen LogP contribution in [0.25, 0.3) is 0 Å². The molecule has 8 N–H and O–H groups in total. The smallest absolute Gasteiger partial charge is 0.395 e. The van der Waals surface area contributed by atoms with Crippen molar-refractivity contribution in [2.45, 2.75) is 87.6 Å². The molecule has 2 saturated carbocycles. The number of likely N-dealkylation sites (N-methyl/N-ethyl adjacent to an activating group) is 2. The summed E-state index contributed by atoms with van der Waals surface area (Å²) >= 11 is 0. The molecule has 2 aromatic heterocycles. The number of benzene rings is 2. The van der Waals surface area contributed by atoms with Crippen LogP contribution in [0.5, 0.6) is 0 Å². The zero-order valence-corrected chi connectivity index (χ0v) is 38.3. The molecule has 15 nitrogen and oxygen atoms in total. The number of amides is 3. The summed E-state index contributed by atoms with van der Waals surface area (Å²) in [6.45, 7) is 0.633. The standard InChI is InChI=1S/C23H27F4N5O2.C12H18FN3O.C11H11F3N2O2/c1-32(2)16(7-14-3-4-17(21(28)34)19(24)8-14)12-31-20(33)9-18(15-10-29-13-30-11-15)22(5-6-22)23(25,26)27;1-16(2)9(7-14)5-8-3-4-10(12(15)17)11(13)6-8;12-11(13,14)10(1-2-10)8(3-9(17)18)7-4-15-6-16-5-7/h3-4,8,10-11,13,16,18H,5-7,9,12H2,1-2H3,(H2,28,34)(H,31,33);3-4,6,9H,5,7,14H2,1-2H3,(H2,15,17);4-6,8H,1-3H2,(H,17,18)/t16-,18?;9-;/m00./s1. The first kappa shape index (κ1) is 55.4. The number of rotatable bonds is 19. The van der Waals surface area contributed by atoms with Gasteiger partial charge in [-0.2, -0.15) is 26.3 Å². The highest BCUT2D eigenvalue weighted by Gasteiger charge is 2.68. The van der Waals surface area contributed by atoms with Crippen molar-refractivity contribution >= 4 is 23.7 Å². The number of aliphatic carboxylic acids is 1. The Labute approximate surface area is 393 Å². The van der Waals surface area contributed by atoms with E-state index >= 15 is 0 Å². The largest absolute Gasteiger partial charge is 0.481 e. The quantitative estimate of drug-likeness (QED) is 0.0728. The van der Waals surface area contributed by atoms with Crippen LogP contribution in [0.2, 0.25) is 0 Å². The molecule has 376 valence electrons. The minimum atomic E-state index is -4.44. The van der Waals surface area contributed by atoms with Gasteiger partial charge in [0.05, 0.1) is 28.4 Å². The maximum atomic E-state index is 14.1. The zero-order chi connectivity index (χ0) is 51.5. The number of nitrogens with two attached hydrogens (primary N) is 3. The lowest BCUT2D eigenvalue weighted by Gasteiger charge is -2.29. The number of halogens is 8. The molecule has 6 rings (SSSR count). The Kier molecular flexibility index (Phi) is 18.8. The molecule has 2 unspecified atom stereocenters. The van der Waals surface area contributed by atoms with Crippen molar-refractivity contribution in [1.82, 2.24) is 35.1 Å². The molecule has 23 heteroatoms. The number of primary amides is 2. The van der Waals surface area contributed by atoms with Crippen LogP contribution in [-0.4, -0.2) is 124 Å². The van der Waals surface area contributed by atoms with Crippen molar-refractivity contribution in [3.8, 4) is 0 Å². The molecule has 0 spiro atoms. The number of alkyl halides is 6. The summed E-state index contributed by atoms with van der Waals surface area (Å²) in [5, 5.41) is 11.5. The summed E-state index contributed by atoms with van der Waals surface area (Å²) in [5.74, 6) is -6.90. The molecule has 4 aromatic rings. The number of hydrogen-bond acceptors (Lipinski definition) is 11. The predicted molar refractivity (Wildman–Crippen MR) is 236 cm³/mol. The molecule has 2 fully saturated rings. The number of carboxylic acids is 1. The van der Waals surface area contributed by atoms with Crippen LogP contribution in [0.4, 0.5) is 35.1 Å². The SMILES string of the molecule is CN(C)[C@H](CN)Cc1ccc(C(N)=O)c(F)c1.CN(C)[C@H](CNC(=O)CC(c1cncnc1)C1(C(F)(F)F)CC1)Cc1ccc(C(N)=O)c(F)c1.O=C(O)CC(c1cncnc1)C1(C(F)(F)F)CC1. The van der Waals surface area contributed by atoms with Gasteiger partial charge in [-0.1, -0.05) is 12.1 Å². The second-order valence-corrected chi connectivity index (χ2v) is 17.6. The third kappa shape index (κ3) is 14.7. The second-order valence-electron chi connectivity index (χ2n) is 17.6. The molecule has 0 bridgehead atoms. The average Bonchev–Trinajstić information content (AvgIpc) is 4.21. The summed E-state index contributed by atoms with van der Waals surface area (Å²) in [7, 11) is 7.40. The highest BCUT2D eigenvalue weighted by Crippen LogP contribution is 2.67. The first-order chi connectivity index (χ1) is 32.3. The van der Waals surface area contributed by atoms with E-state index in [9.17, 15) is 54.3 Å². The van der Waals surface area contributed by atoms with E-state index in [-0.39, 0.29) is 73.0 Å². The van der Waals surface area contributed by atoms with Crippen LogP contribution >= 0.6 is 0 Å². The maximum Gasteiger partial charge on any atom is 0.395 e. The topological polar surface area (TPSA) is 237 Å². The Morgan fingerprint density at radius 1 is 0.667 bits per heavy atom. The third-order valence-corrected chi connectivity index (χ3v) is 12.6. The van der Waals surface area contributed by atoms with Gasteiger partial charge in [0.1, 0.15) is 24.3 Å². The number of nitrogens with zero attached hydrogens (tertiary/aromatic N) is 6. The molecule has 2 heterocycles. The van der Waals surface area contributed by atoms with E-state index in [1.54, 1.807) is 26.2 Å². The van der Waals surface area contributed by atoms with Gasteiger partial charge >= 0.3 is 18.3 Å². The van der Waals surface area contributed by atoms with Gasteiger partial charge in [0, 0.05) is 68.2 Å². The van der Waals surface area contributed by atoms with Crippen LogP contribution in [0.3, 0.4) is 0 Å². The van der Waals surface area contributed by atoms with E-state index in [2.05, 4.69) is 25.3 Å². The minimum absolute atomic E-state index is 0.0384. The van der Waals surface area contributed by atoms with E-state index in [0.29, 0.717) is 24.9 Å². The fraction of sp³-hybridized carbons (Fsp3) is 0.478. The Bertz CT molecular complexity index is 2370. The molecular formula is C46H56F8N10O5. The first-order valence-corrected chi connectivity index (χ1v) is 21.6. The lowest BCUT2D eigenvalue weighted by molar-refractivity contribution is -0.196. The minimum Gasteiger partial charge on any atom is -0.481 e. The molecule has 2 aliphatic carbocycles. The monoisotopic (exact) mass is 980 g/mol. The summed E-state index contributed by atoms with van der Waals surface area (Å²) in [4.78, 5) is 64.4. The van der Waals surface area contributed by atoms with E-state index in [0.717, 1.165) is 5.56 Å². The summed E-state index contributed by atoms with van der Waals surface area (Å²) in [6, 6.07) is 8.43. The van der Waals surface area contributed by atoms with Crippen molar-refractivity contribution in [2.75, 3.05) is 41.3 Å². The van der Waals surface area contributed by atoms with Gasteiger partial charge in [-0.3, -0.25) is 19.2 Å². The van der Waals surface area contributed by atoms with Gasteiger partial charge in [0.15, 0.2) is 0 Å². The zero-order valence-electron chi connectivity index (χ0n) is 38.3. The van der Waals surface area contributed by atoms with E-state index in [1.807, 2.05) is 23.9 Å². The summed E-state index contributed by atoms with van der Waals surface area (Å²) in [6.07, 6.45) is -1.36. The summed E-state index contributed by atoms with van der Waals surface area (Å²) < 4.78 is 108. The van der Waals surface area contributed by atoms with Gasteiger partial charge in [-0.15, -0.1) is 0 Å². The summed E-state index contributed by atoms with van der Waals surface area (Å²) in [5.41, 5.74) is 13.5. The van der Waals surface area contributed by atoms with E-state index in [4.69, 9.17) is 22.3 Å². The molecule has 2 aromatic carbocycles. The van der Waals surface area contributed by atoms with Gasteiger partial charge in [0.2, 0.25) is 5.91 Å². The number of carboxylic acid groups (broad SMARTS) is 1. The van der Waals surface area contributed by atoms with Crippen molar-refractivity contribution in [2.24, 2.45) is 28.0 Å².